The Bertz CT molecular complexity index is 1440. The van der Waals surface area contributed by atoms with Gasteiger partial charge in [0.1, 0.15) is 5.69 Å². The van der Waals surface area contributed by atoms with Crippen LogP contribution in [0, 0.1) is 0 Å². The molecule has 6 heteroatoms. The SMILES string of the molecule is O=Cc1cc(-c2ccccc2-c2ccccc2)c2cc(C(=O)NC3CCN(C4COC4)CC3)ccc2n1. The minimum Gasteiger partial charge on any atom is -0.378 e. The zero-order valence-corrected chi connectivity index (χ0v) is 20.6. The van der Waals surface area contributed by atoms with Gasteiger partial charge in [-0.15, -0.1) is 0 Å². The lowest BCUT2D eigenvalue weighted by atomic mass is 9.91. The van der Waals surface area contributed by atoms with Crippen LogP contribution in [0.15, 0.2) is 78.9 Å². The Labute approximate surface area is 216 Å². The largest absolute Gasteiger partial charge is 0.378 e. The van der Waals surface area contributed by atoms with Gasteiger partial charge in [-0.1, -0.05) is 54.6 Å². The van der Waals surface area contributed by atoms with Gasteiger partial charge in [0, 0.05) is 30.1 Å². The van der Waals surface area contributed by atoms with Crippen molar-refractivity contribution < 1.29 is 14.3 Å². The first-order valence-corrected chi connectivity index (χ1v) is 12.9. The number of benzene rings is 3. The van der Waals surface area contributed by atoms with Gasteiger partial charge in [0.2, 0.25) is 0 Å². The lowest BCUT2D eigenvalue weighted by molar-refractivity contribution is -0.0716. The summed E-state index contributed by atoms with van der Waals surface area (Å²) in [5, 5.41) is 4.09. The monoisotopic (exact) mass is 491 g/mol. The maximum Gasteiger partial charge on any atom is 0.251 e. The van der Waals surface area contributed by atoms with Crippen molar-refractivity contribution in [2.75, 3.05) is 26.3 Å². The Balaban J connectivity index is 1.32. The Morgan fingerprint density at radius 1 is 0.892 bits per heavy atom. The molecule has 1 N–H and O–H groups in total. The number of fused-ring (bicyclic) bond motifs is 1. The number of carbonyl (C=O) groups excluding carboxylic acids is 2. The van der Waals surface area contributed by atoms with Crippen LogP contribution in [-0.2, 0) is 4.74 Å². The fraction of sp³-hybridized carbons (Fsp3) is 0.258. The molecule has 6 rings (SSSR count). The van der Waals surface area contributed by atoms with E-state index in [1.807, 2.05) is 48.5 Å². The molecule has 37 heavy (non-hydrogen) atoms. The predicted molar refractivity (Wildman–Crippen MR) is 145 cm³/mol. The summed E-state index contributed by atoms with van der Waals surface area (Å²) in [6.07, 6.45) is 2.66. The summed E-state index contributed by atoms with van der Waals surface area (Å²) in [6, 6.07) is 26.4. The van der Waals surface area contributed by atoms with E-state index < -0.39 is 0 Å². The molecule has 6 nitrogen and oxygen atoms in total. The molecule has 0 spiro atoms. The number of aromatic nitrogens is 1. The predicted octanol–water partition coefficient (Wildman–Crippen LogP) is 4.97. The quantitative estimate of drug-likeness (QED) is 0.386. The standard InChI is InChI=1S/C31H29N3O3/c35-18-24-17-28(27-9-5-4-8-26(27)21-6-2-1-3-7-21)29-16-22(10-11-30(29)32-24)31(36)33-23-12-14-34(15-13-23)25-19-37-20-25/h1-11,16-18,23,25H,12-15,19-20H2,(H,33,36). The average molecular weight is 492 g/mol. The second-order valence-corrected chi connectivity index (χ2v) is 9.83. The van der Waals surface area contributed by atoms with Gasteiger partial charge in [-0.3, -0.25) is 14.5 Å². The van der Waals surface area contributed by atoms with Crippen LogP contribution < -0.4 is 5.32 Å². The highest BCUT2D eigenvalue weighted by Gasteiger charge is 2.30. The lowest BCUT2D eigenvalue weighted by Gasteiger charge is -2.41. The van der Waals surface area contributed by atoms with E-state index in [1.165, 1.54) is 0 Å². The number of carbonyl (C=O) groups is 2. The van der Waals surface area contributed by atoms with E-state index in [0.29, 0.717) is 22.8 Å². The minimum atomic E-state index is -0.0749. The van der Waals surface area contributed by atoms with Crippen molar-refractivity contribution in [1.82, 2.24) is 15.2 Å². The second kappa shape index (κ2) is 10.2. The average Bonchev–Trinajstić information content (AvgIpc) is 2.92. The van der Waals surface area contributed by atoms with E-state index in [0.717, 1.165) is 73.1 Å². The molecule has 2 aliphatic heterocycles. The molecule has 0 unspecified atom stereocenters. The molecule has 1 aromatic heterocycles. The van der Waals surface area contributed by atoms with Crippen LogP contribution in [-0.4, -0.2) is 60.5 Å². The maximum absolute atomic E-state index is 13.3. The van der Waals surface area contributed by atoms with Crippen molar-refractivity contribution in [3.8, 4) is 22.3 Å². The molecule has 3 aromatic carbocycles. The van der Waals surface area contributed by atoms with Crippen molar-refractivity contribution in [3.05, 3.63) is 90.1 Å². The van der Waals surface area contributed by atoms with E-state index in [2.05, 4.69) is 39.5 Å². The van der Waals surface area contributed by atoms with Gasteiger partial charge in [-0.2, -0.15) is 0 Å². The van der Waals surface area contributed by atoms with Gasteiger partial charge in [0.15, 0.2) is 6.29 Å². The maximum atomic E-state index is 13.3. The molecule has 1 amide bonds. The number of hydrogen-bond donors (Lipinski definition) is 1. The molecule has 0 radical (unpaired) electrons. The van der Waals surface area contributed by atoms with E-state index >= 15 is 0 Å². The van der Waals surface area contributed by atoms with E-state index in [9.17, 15) is 9.59 Å². The summed E-state index contributed by atoms with van der Waals surface area (Å²) >= 11 is 0. The smallest absolute Gasteiger partial charge is 0.251 e. The number of aldehydes is 1. The van der Waals surface area contributed by atoms with Crippen molar-refractivity contribution in [3.63, 3.8) is 0 Å². The third kappa shape index (κ3) is 4.78. The Kier molecular flexibility index (Phi) is 6.51. The van der Waals surface area contributed by atoms with Crippen molar-refractivity contribution in [1.29, 1.82) is 0 Å². The molecule has 0 saturated carbocycles. The first-order chi connectivity index (χ1) is 18.2. The number of piperidine rings is 1. The Morgan fingerprint density at radius 3 is 2.32 bits per heavy atom. The highest BCUT2D eigenvalue weighted by atomic mass is 16.5. The second-order valence-electron chi connectivity index (χ2n) is 9.83. The molecule has 2 saturated heterocycles. The van der Waals surface area contributed by atoms with Crippen molar-refractivity contribution >= 4 is 23.1 Å². The van der Waals surface area contributed by atoms with E-state index in [1.54, 1.807) is 6.07 Å². The summed E-state index contributed by atoms with van der Waals surface area (Å²) in [7, 11) is 0. The first-order valence-electron chi connectivity index (χ1n) is 12.9. The molecule has 2 fully saturated rings. The first kappa shape index (κ1) is 23.5. The van der Waals surface area contributed by atoms with Gasteiger partial charge >= 0.3 is 0 Å². The molecule has 0 bridgehead atoms. The van der Waals surface area contributed by atoms with Gasteiger partial charge in [0.25, 0.3) is 5.91 Å². The number of nitrogens with one attached hydrogen (secondary N) is 1. The van der Waals surface area contributed by atoms with E-state index in [4.69, 9.17) is 4.74 Å². The Morgan fingerprint density at radius 2 is 1.62 bits per heavy atom. The number of pyridine rings is 1. The normalized spacial score (nSPS) is 16.9. The third-order valence-corrected chi connectivity index (χ3v) is 7.52. The number of likely N-dealkylation sites (tertiary alicyclic amines) is 1. The van der Waals surface area contributed by atoms with Crippen LogP contribution in [0.3, 0.4) is 0 Å². The summed E-state index contributed by atoms with van der Waals surface area (Å²) in [5.74, 6) is -0.0749. The van der Waals surface area contributed by atoms with Gasteiger partial charge in [0.05, 0.1) is 24.8 Å². The zero-order valence-electron chi connectivity index (χ0n) is 20.6. The van der Waals surface area contributed by atoms with Crippen LogP contribution in [0.5, 0.6) is 0 Å². The number of rotatable bonds is 6. The molecule has 0 atom stereocenters. The fourth-order valence-electron chi connectivity index (χ4n) is 5.37. The zero-order chi connectivity index (χ0) is 25.2. The molecule has 2 aliphatic rings. The molecule has 186 valence electrons. The summed E-state index contributed by atoms with van der Waals surface area (Å²) in [4.78, 5) is 32.0. The molecule has 4 aromatic rings. The number of nitrogens with zero attached hydrogens (tertiary/aromatic N) is 2. The summed E-state index contributed by atoms with van der Waals surface area (Å²) < 4.78 is 5.33. The topological polar surface area (TPSA) is 71.5 Å². The van der Waals surface area contributed by atoms with Crippen molar-refractivity contribution in [2.45, 2.75) is 24.9 Å². The Hall–Kier alpha value is -3.87. The van der Waals surface area contributed by atoms with Gasteiger partial charge in [-0.05, 0) is 59.4 Å². The van der Waals surface area contributed by atoms with E-state index in [-0.39, 0.29) is 11.9 Å². The molecular formula is C31H29N3O3. The van der Waals surface area contributed by atoms with Crippen LogP contribution in [0.1, 0.15) is 33.7 Å². The van der Waals surface area contributed by atoms with Crippen LogP contribution in [0.25, 0.3) is 33.2 Å². The van der Waals surface area contributed by atoms with Crippen LogP contribution in [0.4, 0.5) is 0 Å². The van der Waals surface area contributed by atoms with Gasteiger partial charge < -0.3 is 10.1 Å². The fourth-order valence-corrected chi connectivity index (χ4v) is 5.37. The minimum absolute atomic E-state index is 0.0749. The van der Waals surface area contributed by atoms with Gasteiger partial charge in [-0.25, -0.2) is 4.98 Å². The molecular weight excluding hydrogens is 462 g/mol. The van der Waals surface area contributed by atoms with Crippen molar-refractivity contribution in [2.24, 2.45) is 0 Å². The molecule has 3 heterocycles. The highest BCUT2D eigenvalue weighted by Crippen LogP contribution is 2.36. The number of ether oxygens (including phenoxy) is 1. The van der Waals surface area contributed by atoms with Crippen LogP contribution in [0.2, 0.25) is 0 Å². The lowest BCUT2D eigenvalue weighted by Crippen LogP contribution is -2.54. The summed E-state index contributed by atoms with van der Waals surface area (Å²) in [5.41, 5.74) is 5.68. The highest BCUT2D eigenvalue weighted by molar-refractivity contribution is 6.05. The van der Waals surface area contributed by atoms with Crippen LogP contribution >= 0.6 is 0 Å². The number of hydrogen-bond acceptors (Lipinski definition) is 5. The number of amides is 1. The summed E-state index contributed by atoms with van der Waals surface area (Å²) in [6.45, 7) is 3.61. The molecule has 0 aliphatic carbocycles. The third-order valence-electron chi connectivity index (χ3n) is 7.52.